The average Bonchev–Trinajstić information content (AvgIpc) is 2.75. The summed E-state index contributed by atoms with van der Waals surface area (Å²) in [7, 11) is -4.18. The van der Waals surface area contributed by atoms with Gasteiger partial charge in [-0.25, -0.2) is 17.6 Å². The van der Waals surface area contributed by atoms with E-state index in [0.29, 0.717) is 11.3 Å². The number of esters is 1. The number of benzene rings is 3. The van der Waals surface area contributed by atoms with Gasteiger partial charge in [0.15, 0.2) is 6.10 Å². The van der Waals surface area contributed by atoms with Crippen molar-refractivity contribution in [1.29, 1.82) is 0 Å². The fourth-order valence-corrected chi connectivity index (χ4v) is 4.07. The molecule has 3 rings (SSSR count). The summed E-state index contributed by atoms with van der Waals surface area (Å²) in [6, 6.07) is 16.3. The molecule has 0 spiro atoms. The van der Waals surface area contributed by atoms with Gasteiger partial charge in [0.25, 0.3) is 15.9 Å². The predicted octanol–water partition coefficient (Wildman–Crippen LogP) is 4.43. The molecule has 0 heterocycles. The first-order chi connectivity index (χ1) is 15.6. The number of rotatable bonds is 7. The van der Waals surface area contributed by atoms with E-state index in [1.165, 1.54) is 37.3 Å². The number of anilines is 2. The molecule has 0 saturated carbocycles. The summed E-state index contributed by atoms with van der Waals surface area (Å²) in [6.45, 7) is 4.90. The number of ether oxygens (including phenoxy) is 1. The number of amides is 1. The van der Waals surface area contributed by atoms with Crippen LogP contribution < -0.4 is 10.0 Å². The fourth-order valence-electron chi connectivity index (χ4n) is 2.98. The van der Waals surface area contributed by atoms with Crippen molar-refractivity contribution in [1.82, 2.24) is 0 Å². The molecular weight excluding hydrogens is 447 g/mol. The first-order valence-corrected chi connectivity index (χ1v) is 11.5. The maximum absolute atomic E-state index is 13.9. The number of para-hydroxylation sites is 1. The van der Waals surface area contributed by atoms with E-state index in [2.05, 4.69) is 10.0 Å². The third-order valence-electron chi connectivity index (χ3n) is 4.80. The standard InChI is InChI=1S/C24H23FN2O5S/c1-15-7-6-8-18(13-15)26-23(28)17(3)32-24(29)20-14-19(12-11-16(20)2)33(30,31)27-22-10-5-4-9-21(22)25/h4-14,17,27H,1-3H3,(H,26,28). The molecule has 3 aromatic carbocycles. The normalized spacial score (nSPS) is 12.0. The molecule has 0 bridgehead atoms. The Labute approximate surface area is 191 Å². The largest absolute Gasteiger partial charge is 0.449 e. The molecule has 0 saturated heterocycles. The van der Waals surface area contributed by atoms with E-state index in [-0.39, 0.29) is 16.1 Å². The smallest absolute Gasteiger partial charge is 0.339 e. The van der Waals surface area contributed by atoms with Gasteiger partial charge in [-0.1, -0.05) is 30.3 Å². The maximum atomic E-state index is 13.9. The average molecular weight is 471 g/mol. The molecule has 3 aromatic rings. The SMILES string of the molecule is Cc1cccc(NC(=O)C(C)OC(=O)c2cc(S(=O)(=O)Nc3ccccc3F)ccc2C)c1. The van der Waals surface area contributed by atoms with E-state index in [1.54, 1.807) is 25.1 Å². The monoisotopic (exact) mass is 470 g/mol. The van der Waals surface area contributed by atoms with Crippen molar-refractivity contribution in [3.8, 4) is 0 Å². The second kappa shape index (κ2) is 9.83. The Balaban J connectivity index is 1.76. The Morgan fingerprint density at radius 1 is 0.970 bits per heavy atom. The summed E-state index contributed by atoms with van der Waals surface area (Å²) >= 11 is 0. The number of hydrogen-bond donors (Lipinski definition) is 2. The first kappa shape index (κ1) is 23.9. The lowest BCUT2D eigenvalue weighted by Crippen LogP contribution is -2.30. The number of carbonyl (C=O) groups excluding carboxylic acids is 2. The molecule has 9 heteroatoms. The topological polar surface area (TPSA) is 102 Å². The Kier molecular flexibility index (Phi) is 7.13. The Bertz CT molecular complexity index is 1310. The van der Waals surface area contributed by atoms with Gasteiger partial charge in [0.2, 0.25) is 0 Å². The van der Waals surface area contributed by atoms with Crippen LogP contribution in [-0.2, 0) is 19.6 Å². The molecule has 2 N–H and O–H groups in total. The van der Waals surface area contributed by atoms with Crippen molar-refractivity contribution in [2.45, 2.75) is 31.8 Å². The number of hydrogen-bond acceptors (Lipinski definition) is 5. The van der Waals surface area contributed by atoms with E-state index < -0.39 is 33.8 Å². The Hall–Kier alpha value is -3.72. The lowest BCUT2D eigenvalue weighted by Gasteiger charge is -2.15. The van der Waals surface area contributed by atoms with Crippen LogP contribution in [0.2, 0.25) is 0 Å². The van der Waals surface area contributed by atoms with Gasteiger partial charge in [-0.05, 0) is 68.3 Å². The summed E-state index contributed by atoms with van der Waals surface area (Å²) in [5, 5.41) is 2.66. The van der Waals surface area contributed by atoms with E-state index in [0.717, 1.165) is 17.7 Å². The van der Waals surface area contributed by atoms with E-state index in [4.69, 9.17) is 4.74 Å². The number of aryl methyl sites for hydroxylation is 2. The lowest BCUT2D eigenvalue weighted by atomic mass is 10.1. The molecule has 1 atom stereocenters. The van der Waals surface area contributed by atoms with E-state index in [1.807, 2.05) is 13.0 Å². The highest BCUT2D eigenvalue weighted by atomic mass is 32.2. The summed E-state index contributed by atoms with van der Waals surface area (Å²) in [5.74, 6) is -2.12. The second-order valence-corrected chi connectivity index (χ2v) is 9.15. The van der Waals surface area contributed by atoms with Gasteiger partial charge >= 0.3 is 5.97 Å². The number of carbonyl (C=O) groups is 2. The van der Waals surface area contributed by atoms with Gasteiger partial charge < -0.3 is 10.1 Å². The summed E-state index contributed by atoms with van der Waals surface area (Å²) in [4.78, 5) is 24.9. The number of nitrogens with one attached hydrogen (secondary N) is 2. The predicted molar refractivity (Wildman–Crippen MR) is 123 cm³/mol. The Morgan fingerprint density at radius 2 is 1.70 bits per heavy atom. The summed E-state index contributed by atoms with van der Waals surface area (Å²) < 4.78 is 46.7. The van der Waals surface area contributed by atoms with E-state index >= 15 is 0 Å². The molecule has 0 fully saturated rings. The molecule has 0 aliphatic rings. The second-order valence-electron chi connectivity index (χ2n) is 7.47. The minimum Gasteiger partial charge on any atom is -0.449 e. The van der Waals surface area contributed by atoms with Crippen LogP contribution in [0.25, 0.3) is 0 Å². The van der Waals surface area contributed by atoms with Crippen LogP contribution in [0.1, 0.15) is 28.4 Å². The molecule has 33 heavy (non-hydrogen) atoms. The highest BCUT2D eigenvalue weighted by molar-refractivity contribution is 7.92. The van der Waals surface area contributed by atoms with E-state index in [9.17, 15) is 22.4 Å². The molecule has 172 valence electrons. The highest BCUT2D eigenvalue weighted by Gasteiger charge is 2.23. The molecule has 0 radical (unpaired) electrons. The molecule has 7 nitrogen and oxygen atoms in total. The van der Waals surface area contributed by atoms with Crippen molar-refractivity contribution < 1.29 is 27.1 Å². The summed E-state index contributed by atoms with van der Waals surface area (Å²) in [6.07, 6.45) is -1.13. The zero-order chi connectivity index (χ0) is 24.2. The van der Waals surface area contributed by atoms with Crippen LogP contribution in [0.4, 0.5) is 15.8 Å². The molecular formula is C24H23FN2O5S. The molecule has 1 amide bonds. The highest BCUT2D eigenvalue weighted by Crippen LogP contribution is 2.22. The zero-order valence-electron chi connectivity index (χ0n) is 18.3. The van der Waals surface area contributed by atoms with Crippen LogP contribution in [0, 0.1) is 19.7 Å². The number of halogens is 1. The zero-order valence-corrected chi connectivity index (χ0v) is 19.1. The van der Waals surface area contributed by atoms with Crippen molar-refractivity contribution in [2.24, 2.45) is 0 Å². The van der Waals surface area contributed by atoms with Gasteiger partial charge in [0.05, 0.1) is 16.1 Å². The molecule has 0 aromatic heterocycles. The first-order valence-electron chi connectivity index (χ1n) is 10.0. The molecule has 1 unspecified atom stereocenters. The number of sulfonamides is 1. The van der Waals surface area contributed by atoms with Gasteiger partial charge in [-0.2, -0.15) is 0 Å². The van der Waals surface area contributed by atoms with Gasteiger partial charge in [-0.15, -0.1) is 0 Å². The Morgan fingerprint density at radius 3 is 2.39 bits per heavy atom. The quantitative estimate of drug-likeness (QED) is 0.498. The molecule has 0 aliphatic heterocycles. The van der Waals surface area contributed by atoms with Gasteiger partial charge in [0.1, 0.15) is 5.82 Å². The maximum Gasteiger partial charge on any atom is 0.339 e. The van der Waals surface area contributed by atoms with Crippen molar-refractivity contribution >= 4 is 33.3 Å². The van der Waals surface area contributed by atoms with Gasteiger partial charge in [-0.3, -0.25) is 9.52 Å². The van der Waals surface area contributed by atoms with Crippen molar-refractivity contribution in [2.75, 3.05) is 10.0 Å². The lowest BCUT2D eigenvalue weighted by molar-refractivity contribution is -0.123. The minimum absolute atomic E-state index is 0.0263. The molecule has 0 aliphatic carbocycles. The van der Waals surface area contributed by atoms with Crippen LogP contribution in [0.3, 0.4) is 0 Å². The minimum atomic E-state index is -4.18. The third-order valence-corrected chi connectivity index (χ3v) is 6.16. The van der Waals surface area contributed by atoms with Crippen molar-refractivity contribution in [3.05, 3.63) is 89.2 Å². The van der Waals surface area contributed by atoms with Crippen LogP contribution in [-0.4, -0.2) is 26.4 Å². The summed E-state index contributed by atoms with van der Waals surface area (Å²) in [5.41, 5.74) is 1.72. The van der Waals surface area contributed by atoms with Crippen molar-refractivity contribution in [3.63, 3.8) is 0 Å². The van der Waals surface area contributed by atoms with Crippen LogP contribution in [0.5, 0.6) is 0 Å². The van der Waals surface area contributed by atoms with Crippen LogP contribution >= 0.6 is 0 Å². The third kappa shape index (κ3) is 5.95. The van der Waals surface area contributed by atoms with Crippen LogP contribution in [0.15, 0.2) is 71.6 Å². The fraction of sp³-hybridized carbons (Fsp3) is 0.167. The van der Waals surface area contributed by atoms with Gasteiger partial charge in [0, 0.05) is 5.69 Å².